The van der Waals surface area contributed by atoms with Gasteiger partial charge in [-0.05, 0) is 36.0 Å². The van der Waals surface area contributed by atoms with Crippen molar-refractivity contribution < 1.29 is 14.0 Å². The molecule has 0 saturated heterocycles. The van der Waals surface area contributed by atoms with Crippen molar-refractivity contribution in [1.82, 2.24) is 10.3 Å². The van der Waals surface area contributed by atoms with Crippen molar-refractivity contribution in [3.63, 3.8) is 0 Å². The van der Waals surface area contributed by atoms with E-state index in [9.17, 15) is 4.21 Å². The van der Waals surface area contributed by atoms with E-state index < -0.39 is 14.5 Å². The van der Waals surface area contributed by atoms with Crippen LogP contribution in [0.1, 0.15) is 25.5 Å². The Bertz CT molecular complexity index is 656. The number of nitrogens with zero attached hydrogens (tertiary/aromatic N) is 4. The summed E-state index contributed by atoms with van der Waals surface area (Å²) in [6, 6.07) is 0. The molecule has 2 rings (SSSR count). The minimum Gasteiger partial charge on any atom is -0.409 e. The molecule has 0 amide bonds. The number of amidine groups is 1. The Balaban J connectivity index is 2.06. The van der Waals surface area contributed by atoms with Crippen LogP contribution in [0.15, 0.2) is 14.8 Å². The zero-order valence-electron chi connectivity index (χ0n) is 11.1. The number of hydrogen-bond acceptors (Lipinski definition) is 8. The molecule has 1 fully saturated rings. The number of hydrogen-bond donors (Lipinski definition) is 3. The molecule has 20 heavy (non-hydrogen) atoms. The second kappa shape index (κ2) is 4.85. The molecule has 1 heterocycles. The van der Waals surface area contributed by atoms with E-state index in [1.807, 2.05) is 6.92 Å². The fraction of sp³-hybridized carbons (Fsp3) is 0.600. The fourth-order valence-corrected chi connectivity index (χ4v) is 3.19. The second-order valence-electron chi connectivity index (χ2n) is 5.16. The van der Waals surface area contributed by atoms with Crippen molar-refractivity contribution >= 4 is 27.6 Å². The van der Waals surface area contributed by atoms with Gasteiger partial charge in [-0.15, -0.1) is 0 Å². The molecule has 0 radical (unpaired) electrons. The van der Waals surface area contributed by atoms with Crippen molar-refractivity contribution in [1.29, 1.82) is 4.78 Å². The average molecular weight is 300 g/mol. The second-order valence-corrected chi connectivity index (χ2v) is 7.83. The summed E-state index contributed by atoms with van der Waals surface area (Å²) < 4.78 is 23.4. The highest BCUT2D eigenvalue weighted by molar-refractivity contribution is 7.93. The van der Waals surface area contributed by atoms with E-state index in [1.54, 1.807) is 6.21 Å². The molecule has 1 aromatic rings. The molecule has 9 nitrogen and oxygen atoms in total. The summed E-state index contributed by atoms with van der Waals surface area (Å²) in [7, 11) is -2.58. The zero-order valence-corrected chi connectivity index (χ0v) is 11.9. The Hall–Kier alpha value is -1.97. The van der Waals surface area contributed by atoms with Crippen LogP contribution in [0.3, 0.4) is 0 Å². The SMILES string of the molecule is CC1(S(C)(=N)=O)CC(C=Nc2nonc2/C(N)=N\O)C1. The van der Waals surface area contributed by atoms with Crippen molar-refractivity contribution in [2.45, 2.75) is 24.5 Å². The zero-order chi connectivity index (χ0) is 15.0. The fourth-order valence-electron chi connectivity index (χ4n) is 2.13. The van der Waals surface area contributed by atoms with E-state index in [0.29, 0.717) is 12.8 Å². The lowest BCUT2D eigenvalue weighted by Crippen LogP contribution is -2.47. The largest absolute Gasteiger partial charge is 0.409 e. The van der Waals surface area contributed by atoms with Gasteiger partial charge in [-0.3, -0.25) is 4.78 Å². The third-order valence-corrected chi connectivity index (χ3v) is 5.77. The van der Waals surface area contributed by atoms with E-state index in [2.05, 4.69) is 25.1 Å². The third-order valence-electron chi connectivity index (χ3n) is 3.56. The Labute approximate surface area is 115 Å². The molecule has 0 aliphatic heterocycles. The molecule has 1 aromatic heterocycles. The van der Waals surface area contributed by atoms with Crippen molar-refractivity contribution in [2.75, 3.05) is 6.26 Å². The van der Waals surface area contributed by atoms with Gasteiger partial charge in [0.1, 0.15) is 0 Å². The van der Waals surface area contributed by atoms with Gasteiger partial charge >= 0.3 is 0 Å². The van der Waals surface area contributed by atoms with Crippen molar-refractivity contribution in [2.24, 2.45) is 21.8 Å². The molecule has 1 unspecified atom stereocenters. The number of nitrogens with one attached hydrogen (secondary N) is 1. The molecule has 0 aromatic carbocycles. The van der Waals surface area contributed by atoms with Gasteiger partial charge in [0.15, 0.2) is 11.5 Å². The van der Waals surface area contributed by atoms with Crippen LogP contribution in [0.5, 0.6) is 0 Å². The Kier molecular flexibility index (Phi) is 3.50. The number of oxime groups is 1. The van der Waals surface area contributed by atoms with Gasteiger partial charge in [0.05, 0.1) is 4.75 Å². The molecule has 1 saturated carbocycles. The van der Waals surface area contributed by atoms with E-state index in [1.165, 1.54) is 6.26 Å². The van der Waals surface area contributed by atoms with Gasteiger partial charge < -0.3 is 10.9 Å². The van der Waals surface area contributed by atoms with Crippen LogP contribution in [0.2, 0.25) is 0 Å². The third kappa shape index (κ3) is 2.50. The topological polar surface area (TPSA) is 151 Å². The van der Waals surface area contributed by atoms with Gasteiger partial charge in [0.25, 0.3) is 0 Å². The molecule has 110 valence electrons. The highest BCUT2D eigenvalue weighted by atomic mass is 32.2. The normalized spacial score (nSPS) is 30.1. The molecule has 1 aliphatic rings. The minimum absolute atomic E-state index is 0.0608. The Morgan fingerprint density at radius 2 is 2.30 bits per heavy atom. The molecular formula is C10H16N6O3S. The maximum absolute atomic E-state index is 11.8. The maximum Gasteiger partial charge on any atom is 0.227 e. The first-order valence-electron chi connectivity index (χ1n) is 5.85. The lowest BCUT2D eigenvalue weighted by Gasteiger charge is -2.43. The average Bonchev–Trinajstić information content (AvgIpc) is 2.79. The first-order chi connectivity index (χ1) is 9.27. The number of nitrogens with two attached hydrogens (primary N) is 1. The predicted molar refractivity (Wildman–Crippen MR) is 72.9 cm³/mol. The van der Waals surface area contributed by atoms with Gasteiger partial charge in [0, 0.05) is 22.2 Å². The van der Waals surface area contributed by atoms with E-state index in [4.69, 9.17) is 15.7 Å². The smallest absolute Gasteiger partial charge is 0.227 e. The Morgan fingerprint density at radius 1 is 1.65 bits per heavy atom. The number of aliphatic imine (C=N–C) groups is 1. The molecule has 4 N–H and O–H groups in total. The van der Waals surface area contributed by atoms with Crippen LogP contribution >= 0.6 is 0 Å². The monoisotopic (exact) mass is 300 g/mol. The summed E-state index contributed by atoms with van der Waals surface area (Å²) in [4.78, 5) is 4.09. The molecule has 0 spiro atoms. The lowest BCUT2D eigenvalue weighted by molar-refractivity contribution is 0.304. The van der Waals surface area contributed by atoms with E-state index >= 15 is 0 Å². The quantitative estimate of drug-likeness (QED) is 0.322. The summed E-state index contributed by atoms with van der Waals surface area (Å²) in [6.07, 6.45) is 4.35. The molecule has 1 atom stereocenters. The lowest BCUT2D eigenvalue weighted by atomic mass is 9.76. The van der Waals surface area contributed by atoms with Crippen molar-refractivity contribution in [3.05, 3.63) is 5.69 Å². The summed E-state index contributed by atoms with van der Waals surface area (Å²) in [5, 5.41) is 18.4. The van der Waals surface area contributed by atoms with Crippen LogP contribution in [0.4, 0.5) is 5.82 Å². The summed E-state index contributed by atoms with van der Waals surface area (Å²) in [6.45, 7) is 1.84. The standard InChI is InChI=1S/C10H16N6O3S/c1-10(20(2,12)18)3-6(4-10)5-13-9-7(8(11)14-17)15-19-16-9/h5-6,12,17H,3-4H2,1-2H3,(H2,11,14). The van der Waals surface area contributed by atoms with Gasteiger partial charge in [-0.25, -0.2) is 13.8 Å². The highest BCUT2D eigenvalue weighted by Crippen LogP contribution is 2.42. The van der Waals surface area contributed by atoms with E-state index in [-0.39, 0.29) is 23.3 Å². The van der Waals surface area contributed by atoms with Gasteiger partial charge in [-0.2, -0.15) is 0 Å². The van der Waals surface area contributed by atoms with E-state index in [0.717, 1.165) is 0 Å². The van der Waals surface area contributed by atoms with Crippen LogP contribution < -0.4 is 5.73 Å². The first kappa shape index (κ1) is 14.4. The Morgan fingerprint density at radius 3 is 2.85 bits per heavy atom. The minimum atomic E-state index is -2.58. The van der Waals surface area contributed by atoms with Gasteiger partial charge in [-0.1, -0.05) is 5.16 Å². The molecule has 10 heteroatoms. The molecule has 1 aliphatic carbocycles. The highest BCUT2D eigenvalue weighted by Gasteiger charge is 2.45. The summed E-state index contributed by atoms with van der Waals surface area (Å²) in [5.74, 6) is -0.000410. The van der Waals surface area contributed by atoms with Crippen molar-refractivity contribution in [3.8, 4) is 0 Å². The van der Waals surface area contributed by atoms with Crippen LogP contribution in [-0.2, 0) is 9.73 Å². The maximum atomic E-state index is 11.8. The summed E-state index contributed by atoms with van der Waals surface area (Å²) >= 11 is 0. The first-order valence-corrected chi connectivity index (χ1v) is 7.81. The van der Waals surface area contributed by atoms with Gasteiger partial charge in [0.2, 0.25) is 5.82 Å². The van der Waals surface area contributed by atoms with Crippen LogP contribution in [0, 0.1) is 10.7 Å². The molecular weight excluding hydrogens is 284 g/mol. The molecule has 0 bridgehead atoms. The summed E-state index contributed by atoms with van der Waals surface area (Å²) in [5.41, 5.74) is 5.45. The number of rotatable bonds is 4. The van der Waals surface area contributed by atoms with Crippen LogP contribution in [0.25, 0.3) is 0 Å². The number of aromatic nitrogens is 2. The van der Waals surface area contributed by atoms with Crippen LogP contribution in [-0.4, -0.2) is 42.8 Å². The predicted octanol–water partition coefficient (Wildman–Crippen LogP) is 0.712.